The van der Waals surface area contributed by atoms with Crippen molar-refractivity contribution in [3.8, 4) is 17.4 Å². The van der Waals surface area contributed by atoms with Crippen molar-refractivity contribution >= 4 is 34.0 Å². The van der Waals surface area contributed by atoms with Crippen LogP contribution in [0, 0.1) is 0 Å². The maximum Gasteiger partial charge on any atom is 0.213 e. The molecular weight excluding hydrogens is 356 g/mol. The molecule has 1 aromatic carbocycles. The molecule has 0 unspecified atom stereocenters. The Kier molecular flexibility index (Phi) is 5.11. The van der Waals surface area contributed by atoms with Gasteiger partial charge in [-0.25, -0.2) is 0 Å². The van der Waals surface area contributed by atoms with E-state index in [0.717, 1.165) is 22.4 Å². The lowest BCUT2D eigenvalue weighted by molar-refractivity contribution is 0.398. The number of thioether (sulfide) groups is 1. The molecule has 2 heterocycles. The first-order chi connectivity index (χ1) is 12.1. The van der Waals surface area contributed by atoms with E-state index in [1.165, 1.54) is 10.6 Å². The second kappa shape index (κ2) is 7.45. The third kappa shape index (κ3) is 3.86. The van der Waals surface area contributed by atoms with Gasteiger partial charge in [-0.1, -0.05) is 24.3 Å². The monoisotopic (exact) mass is 372 g/mol. The Morgan fingerprint density at radius 1 is 1.12 bits per heavy atom. The third-order valence-corrected chi connectivity index (χ3v) is 5.12. The van der Waals surface area contributed by atoms with Gasteiger partial charge in [0.25, 0.3) is 0 Å². The lowest BCUT2D eigenvalue weighted by atomic mass is 10.3. The van der Waals surface area contributed by atoms with Crippen molar-refractivity contribution in [3.05, 3.63) is 58.8 Å². The lowest BCUT2D eigenvalue weighted by Crippen LogP contribution is -2.05. The minimum atomic E-state index is -0.106. The van der Waals surface area contributed by atoms with Gasteiger partial charge in [-0.05, 0) is 42.3 Å². The highest BCUT2D eigenvalue weighted by Gasteiger charge is 2.17. The summed E-state index contributed by atoms with van der Waals surface area (Å²) in [6, 6.07) is 14.4. The Morgan fingerprint density at radius 2 is 1.88 bits per heavy atom. The van der Waals surface area contributed by atoms with E-state index in [0.29, 0.717) is 10.6 Å². The van der Waals surface area contributed by atoms with E-state index < -0.39 is 0 Å². The molecule has 25 heavy (non-hydrogen) atoms. The van der Waals surface area contributed by atoms with E-state index in [9.17, 15) is 10.2 Å². The molecule has 0 bridgehead atoms. The molecule has 128 valence electrons. The Bertz CT molecular complexity index is 916. The molecular formula is C17H16N4O2S2. The van der Waals surface area contributed by atoms with Crippen LogP contribution >= 0.6 is 23.1 Å². The SMILES string of the molecule is C/C(=N\N=C(/N)Sc1cc(O)n(-c2ccccc2)c1O)c1cccs1. The number of rotatable bonds is 4. The van der Waals surface area contributed by atoms with E-state index in [4.69, 9.17) is 5.73 Å². The van der Waals surface area contributed by atoms with Crippen molar-refractivity contribution in [1.82, 2.24) is 4.57 Å². The smallest absolute Gasteiger partial charge is 0.213 e. The van der Waals surface area contributed by atoms with Gasteiger partial charge in [0.2, 0.25) is 5.88 Å². The Hall–Kier alpha value is -2.71. The quantitative estimate of drug-likeness (QED) is 0.281. The number of benzene rings is 1. The van der Waals surface area contributed by atoms with Crippen LogP contribution in [0.25, 0.3) is 5.69 Å². The summed E-state index contributed by atoms with van der Waals surface area (Å²) in [6.07, 6.45) is 0. The highest BCUT2D eigenvalue weighted by molar-refractivity contribution is 8.13. The standard InChI is InChI=1S/C17H16N4O2S2/c1-11(13-8-5-9-24-13)19-20-17(18)25-14-10-15(22)21(16(14)23)12-6-3-2-4-7-12/h2-10,22-23H,1H3,(H2,18,20)/b19-11+. The van der Waals surface area contributed by atoms with Crippen LogP contribution in [0.3, 0.4) is 0 Å². The fraction of sp³-hybridized carbons (Fsp3) is 0.0588. The summed E-state index contributed by atoms with van der Waals surface area (Å²) in [4.78, 5) is 1.41. The Morgan fingerprint density at radius 3 is 2.56 bits per heavy atom. The second-order valence-electron chi connectivity index (χ2n) is 5.06. The molecule has 2 aromatic heterocycles. The first-order valence-corrected chi connectivity index (χ1v) is 9.04. The van der Waals surface area contributed by atoms with Gasteiger partial charge in [0.15, 0.2) is 11.0 Å². The van der Waals surface area contributed by atoms with Gasteiger partial charge in [0.05, 0.1) is 21.2 Å². The van der Waals surface area contributed by atoms with E-state index in [1.54, 1.807) is 23.5 Å². The first-order valence-electron chi connectivity index (χ1n) is 7.35. The normalized spacial score (nSPS) is 12.5. The predicted octanol–water partition coefficient (Wildman–Crippen LogP) is 3.78. The molecule has 0 fully saturated rings. The largest absolute Gasteiger partial charge is 0.494 e. The molecule has 4 N–H and O–H groups in total. The Labute approximate surface area is 153 Å². The molecule has 0 spiro atoms. The van der Waals surface area contributed by atoms with Gasteiger partial charge in [0.1, 0.15) is 0 Å². The summed E-state index contributed by atoms with van der Waals surface area (Å²) in [5.41, 5.74) is 7.28. The molecule has 0 aliphatic rings. The summed E-state index contributed by atoms with van der Waals surface area (Å²) in [5, 5.41) is 30.7. The molecule has 0 saturated carbocycles. The average molecular weight is 372 g/mol. The Balaban J connectivity index is 1.82. The summed E-state index contributed by atoms with van der Waals surface area (Å²) in [7, 11) is 0. The number of hydrogen-bond acceptors (Lipinski definition) is 6. The van der Waals surface area contributed by atoms with Crippen molar-refractivity contribution < 1.29 is 10.2 Å². The zero-order valence-corrected chi connectivity index (χ0v) is 15.0. The van der Waals surface area contributed by atoms with Gasteiger partial charge >= 0.3 is 0 Å². The van der Waals surface area contributed by atoms with Crippen molar-refractivity contribution in [2.24, 2.45) is 15.9 Å². The fourth-order valence-corrected chi connectivity index (χ4v) is 3.49. The van der Waals surface area contributed by atoms with Gasteiger partial charge in [0, 0.05) is 6.07 Å². The molecule has 8 heteroatoms. The third-order valence-electron chi connectivity index (χ3n) is 3.33. The van der Waals surface area contributed by atoms with Crippen LogP contribution in [-0.4, -0.2) is 25.7 Å². The number of nitrogens with zero attached hydrogens (tertiary/aromatic N) is 3. The van der Waals surface area contributed by atoms with Gasteiger partial charge in [-0.15, -0.1) is 16.4 Å². The second-order valence-corrected chi connectivity index (χ2v) is 7.07. The maximum absolute atomic E-state index is 10.4. The minimum absolute atomic E-state index is 0.0859. The van der Waals surface area contributed by atoms with E-state index in [-0.39, 0.29) is 16.9 Å². The van der Waals surface area contributed by atoms with Gasteiger partial charge in [-0.2, -0.15) is 5.10 Å². The summed E-state index contributed by atoms with van der Waals surface area (Å²) in [6.45, 7) is 1.85. The molecule has 3 rings (SSSR count). The highest BCUT2D eigenvalue weighted by Crippen LogP contribution is 2.37. The zero-order chi connectivity index (χ0) is 17.8. The number of hydrogen-bond donors (Lipinski definition) is 3. The van der Waals surface area contributed by atoms with Crippen LogP contribution < -0.4 is 5.73 Å². The molecule has 6 nitrogen and oxygen atoms in total. The number of amidine groups is 1. The van der Waals surface area contributed by atoms with Gasteiger partial charge < -0.3 is 15.9 Å². The van der Waals surface area contributed by atoms with Crippen molar-refractivity contribution in [2.45, 2.75) is 11.8 Å². The van der Waals surface area contributed by atoms with Crippen LogP contribution in [0.5, 0.6) is 11.8 Å². The molecule has 0 aliphatic carbocycles. The molecule has 3 aromatic rings. The number of aromatic nitrogens is 1. The molecule has 0 amide bonds. The number of aromatic hydroxyl groups is 2. The van der Waals surface area contributed by atoms with Crippen LogP contribution in [0.15, 0.2) is 69.0 Å². The van der Waals surface area contributed by atoms with Crippen molar-refractivity contribution in [1.29, 1.82) is 0 Å². The van der Waals surface area contributed by atoms with E-state index in [2.05, 4.69) is 10.2 Å². The fourth-order valence-electron chi connectivity index (χ4n) is 2.16. The van der Waals surface area contributed by atoms with Gasteiger partial charge in [-0.3, -0.25) is 4.57 Å². The average Bonchev–Trinajstić information content (AvgIpc) is 3.23. The predicted molar refractivity (Wildman–Crippen MR) is 103 cm³/mol. The summed E-state index contributed by atoms with van der Waals surface area (Å²) < 4.78 is 1.33. The van der Waals surface area contributed by atoms with Crippen LogP contribution in [0.4, 0.5) is 0 Å². The first kappa shape index (κ1) is 17.1. The molecule has 0 radical (unpaired) electrons. The van der Waals surface area contributed by atoms with E-state index >= 15 is 0 Å². The summed E-state index contributed by atoms with van der Waals surface area (Å²) >= 11 is 2.60. The molecule has 0 aliphatic heterocycles. The summed E-state index contributed by atoms with van der Waals surface area (Å²) in [5.74, 6) is -0.192. The van der Waals surface area contributed by atoms with Crippen molar-refractivity contribution in [2.75, 3.05) is 0 Å². The highest BCUT2D eigenvalue weighted by atomic mass is 32.2. The van der Waals surface area contributed by atoms with Crippen molar-refractivity contribution in [3.63, 3.8) is 0 Å². The van der Waals surface area contributed by atoms with Crippen LogP contribution in [0.1, 0.15) is 11.8 Å². The maximum atomic E-state index is 10.4. The topological polar surface area (TPSA) is 96.1 Å². The number of nitrogens with two attached hydrogens (primary N) is 1. The zero-order valence-electron chi connectivity index (χ0n) is 13.3. The molecule has 0 saturated heterocycles. The van der Waals surface area contributed by atoms with Crippen LogP contribution in [-0.2, 0) is 0 Å². The number of para-hydroxylation sites is 1. The molecule has 0 atom stereocenters. The minimum Gasteiger partial charge on any atom is -0.494 e. The number of thiophene rings is 1. The lowest BCUT2D eigenvalue weighted by Gasteiger charge is -2.06. The van der Waals surface area contributed by atoms with E-state index in [1.807, 2.05) is 42.6 Å². The van der Waals surface area contributed by atoms with Crippen LogP contribution in [0.2, 0.25) is 0 Å².